The first-order valence-electron chi connectivity index (χ1n) is 5.46. The van der Waals surface area contributed by atoms with Crippen LogP contribution in [0.25, 0.3) is 0 Å². The van der Waals surface area contributed by atoms with E-state index in [0.29, 0.717) is 16.8 Å². The number of nitrogens with two attached hydrogens (primary N) is 1. The Morgan fingerprint density at radius 1 is 1.28 bits per heavy atom. The summed E-state index contributed by atoms with van der Waals surface area (Å²) in [4.78, 5) is 0. The molecule has 3 nitrogen and oxygen atoms in total. The van der Waals surface area contributed by atoms with Gasteiger partial charge in [-0.1, -0.05) is 12.1 Å². The molecule has 0 bridgehead atoms. The summed E-state index contributed by atoms with van der Waals surface area (Å²) in [6.45, 7) is 1.67. The van der Waals surface area contributed by atoms with Gasteiger partial charge in [0.2, 0.25) is 0 Å². The summed E-state index contributed by atoms with van der Waals surface area (Å²) in [5.41, 5.74) is 6.48. The quantitative estimate of drug-likeness (QED) is 0.886. The van der Waals surface area contributed by atoms with E-state index < -0.39 is 18.3 Å². The second-order valence-electron chi connectivity index (χ2n) is 4.14. The summed E-state index contributed by atoms with van der Waals surface area (Å²) in [7, 11) is 0. The van der Waals surface area contributed by atoms with Crippen LogP contribution in [0.1, 0.15) is 30.5 Å². The lowest BCUT2D eigenvalue weighted by atomic mass is 10.0. The molecule has 96 valence electrons. The van der Waals surface area contributed by atoms with Crippen LogP contribution in [-0.4, -0.2) is 17.8 Å². The van der Waals surface area contributed by atoms with Gasteiger partial charge < -0.3 is 5.73 Å². The highest BCUT2D eigenvalue weighted by atomic mass is 19.3. The molecule has 2 rings (SSSR count). The molecule has 0 radical (unpaired) electrons. The van der Waals surface area contributed by atoms with Gasteiger partial charge in [0.1, 0.15) is 11.5 Å². The molecule has 2 N–H and O–H groups in total. The maximum absolute atomic E-state index is 13.7. The van der Waals surface area contributed by atoms with E-state index in [1.165, 1.54) is 12.1 Å². The fourth-order valence-electron chi connectivity index (χ4n) is 1.72. The topological polar surface area (TPSA) is 50.7 Å². The lowest BCUT2D eigenvalue weighted by Gasteiger charge is -2.08. The van der Waals surface area contributed by atoms with E-state index in [2.05, 4.69) is 10.2 Å². The molecule has 0 fully saturated rings. The maximum atomic E-state index is 13.7. The minimum absolute atomic E-state index is 0.0470. The van der Waals surface area contributed by atoms with E-state index in [-0.39, 0.29) is 12.1 Å². The van der Waals surface area contributed by atoms with Gasteiger partial charge in [0.05, 0.1) is 5.71 Å². The van der Waals surface area contributed by atoms with Crippen molar-refractivity contribution in [3.05, 3.63) is 35.1 Å². The molecule has 1 unspecified atom stereocenters. The highest BCUT2D eigenvalue weighted by Crippen LogP contribution is 2.20. The summed E-state index contributed by atoms with van der Waals surface area (Å²) < 4.78 is 38.5. The van der Waals surface area contributed by atoms with Crippen molar-refractivity contribution in [2.75, 3.05) is 0 Å². The molecule has 1 atom stereocenters. The third-order valence-corrected chi connectivity index (χ3v) is 2.72. The second kappa shape index (κ2) is 4.89. The van der Waals surface area contributed by atoms with E-state index in [4.69, 9.17) is 5.73 Å². The first kappa shape index (κ1) is 12.8. The van der Waals surface area contributed by atoms with Gasteiger partial charge >= 0.3 is 0 Å². The van der Waals surface area contributed by atoms with Crippen molar-refractivity contribution in [2.24, 2.45) is 15.9 Å². The van der Waals surface area contributed by atoms with Crippen molar-refractivity contribution >= 4 is 11.4 Å². The monoisotopic (exact) mass is 255 g/mol. The van der Waals surface area contributed by atoms with Crippen LogP contribution in [0.4, 0.5) is 13.2 Å². The Hall–Kier alpha value is -1.69. The van der Waals surface area contributed by atoms with Crippen LogP contribution < -0.4 is 5.73 Å². The van der Waals surface area contributed by atoms with Crippen LogP contribution >= 0.6 is 0 Å². The van der Waals surface area contributed by atoms with Gasteiger partial charge in [-0.15, -0.1) is 0 Å². The Balaban J connectivity index is 2.20. The number of hydrogen-bond donors (Lipinski definition) is 1. The molecule has 0 saturated heterocycles. The fraction of sp³-hybridized carbons (Fsp3) is 0.333. The van der Waals surface area contributed by atoms with Crippen molar-refractivity contribution < 1.29 is 13.2 Å². The van der Waals surface area contributed by atoms with Crippen molar-refractivity contribution in [3.8, 4) is 0 Å². The Morgan fingerprint density at radius 3 is 2.50 bits per heavy atom. The molecule has 0 spiro atoms. The van der Waals surface area contributed by atoms with Crippen LogP contribution in [0, 0.1) is 5.82 Å². The second-order valence-corrected chi connectivity index (χ2v) is 4.14. The first-order chi connectivity index (χ1) is 8.49. The number of hydrogen-bond acceptors (Lipinski definition) is 3. The van der Waals surface area contributed by atoms with Crippen LogP contribution in [0.2, 0.25) is 0 Å². The van der Waals surface area contributed by atoms with Crippen LogP contribution in [-0.2, 0) is 0 Å². The molecule has 6 heteroatoms. The lowest BCUT2D eigenvalue weighted by molar-refractivity contribution is 0.224. The standard InChI is InChI=1S/C12H12F3N3/c1-6(16)8-3-2-7(4-9(8)13)10-5-11(12(14)15)18-17-10/h2-4,6,12H,5,16H2,1H3. The van der Waals surface area contributed by atoms with Crippen molar-refractivity contribution in [3.63, 3.8) is 0 Å². The van der Waals surface area contributed by atoms with Gasteiger partial charge in [-0.05, 0) is 13.0 Å². The summed E-state index contributed by atoms with van der Waals surface area (Å²) in [5, 5.41) is 7.04. The zero-order valence-corrected chi connectivity index (χ0v) is 9.70. The molecule has 1 heterocycles. The summed E-state index contributed by atoms with van der Waals surface area (Å²) in [6.07, 6.45) is -2.67. The highest BCUT2D eigenvalue weighted by molar-refractivity contribution is 6.15. The predicted molar refractivity (Wildman–Crippen MR) is 63.6 cm³/mol. The zero-order chi connectivity index (χ0) is 13.3. The fourth-order valence-corrected chi connectivity index (χ4v) is 1.72. The Bertz CT molecular complexity index is 521. The number of halogens is 3. The maximum Gasteiger partial charge on any atom is 0.278 e. The average molecular weight is 255 g/mol. The molecule has 0 amide bonds. The van der Waals surface area contributed by atoms with E-state index in [1.54, 1.807) is 13.0 Å². The highest BCUT2D eigenvalue weighted by Gasteiger charge is 2.22. The molecule has 1 aromatic rings. The molecule has 0 aromatic heterocycles. The van der Waals surface area contributed by atoms with Gasteiger partial charge in [-0.3, -0.25) is 0 Å². The van der Waals surface area contributed by atoms with Crippen LogP contribution in [0.3, 0.4) is 0 Å². The molecule has 0 aliphatic carbocycles. The largest absolute Gasteiger partial charge is 0.324 e. The average Bonchev–Trinajstić information content (AvgIpc) is 2.77. The zero-order valence-electron chi connectivity index (χ0n) is 9.70. The summed E-state index contributed by atoms with van der Waals surface area (Å²) >= 11 is 0. The molecular formula is C12H12F3N3. The van der Waals surface area contributed by atoms with Gasteiger partial charge in [0.25, 0.3) is 6.43 Å². The first-order valence-corrected chi connectivity index (χ1v) is 5.46. The molecule has 0 saturated carbocycles. The summed E-state index contributed by atoms with van der Waals surface area (Å²) in [6, 6.07) is 3.99. The number of nitrogens with zero attached hydrogens (tertiary/aromatic N) is 2. The van der Waals surface area contributed by atoms with E-state index >= 15 is 0 Å². The third kappa shape index (κ3) is 2.43. The molecular weight excluding hydrogens is 243 g/mol. The van der Waals surface area contributed by atoms with Crippen LogP contribution in [0.5, 0.6) is 0 Å². The normalized spacial score (nSPS) is 16.8. The number of benzene rings is 1. The van der Waals surface area contributed by atoms with Crippen molar-refractivity contribution in [1.82, 2.24) is 0 Å². The van der Waals surface area contributed by atoms with Crippen molar-refractivity contribution in [2.45, 2.75) is 25.8 Å². The van der Waals surface area contributed by atoms with Gasteiger partial charge in [-0.2, -0.15) is 10.2 Å². The van der Waals surface area contributed by atoms with Gasteiger partial charge in [0, 0.05) is 23.6 Å². The molecule has 18 heavy (non-hydrogen) atoms. The lowest BCUT2D eigenvalue weighted by Crippen LogP contribution is -2.13. The third-order valence-electron chi connectivity index (χ3n) is 2.72. The van der Waals surface area contributed by atoms with E-state index in [9.17, 15) is 13.2 Å². The van der Waals surface area contributed by atoms with Crippen LogP contribution in [0.15, 0.2) is 28.4 Å². The minimum Gasteiger partial charge on any atom is -0.324 e. The number of alkyl halides is 2. The number of rotatable bonds is 3. The Morgan fingerprint density at radius 2 is 2.00 bits per heavy atom. The SMILES string of the molecule is CC(N)c1ccc(C2=NN=C(C(F)F)C2)cc1F. The molecule has 1 aliphatic heterocycles. The van der Waals surface area contributed by atoms with E-state index in [1.807, 2.05) is 0 Å². The van der Waals surface area contributed by atoms with Gasteiger partial charge in [-0.25, -0.2) is 13.2 Å². The smallest absolute Gasteiger partial charge is 0.278 e. The molecule has 1 aliphatic rings. The predicted octanol–water partition coefficient (Wildman–Crippen LogP) is 2.66. The van der Waals surface area contributed by atoms with E-state index in [0.717, 1.165) is 0 Å². The Kier molecular flexibility index (Phi) is 3.47. The van der Waals surface area contributed by atoms with Gasteiger partial charge in [0.15, 0.2) is 0 Å². The Labute approximate surface area is 102 Å². The minimum atomic E-state index is -2.63. The summed E-state index contributed by atoms with van der Waals surface area (Å²) in [5.74, 6) is -0.462. The van der Waals surface area contributed by atoms with Crippen molar-refractivity contribution in [1.29, 1.82) is 0 Å². The molecule has 1 aromatic carbocycles.